The maximum absolute atomic E-state index is 11.8. The summed E-state index contributed by atoms with van der Waals surface area (Å²) in [5, 5.41) is 8.72. The van der Waals surface area contributed by atoms with Crippen LogP contribution in [0.15, 0.2) is 0 Å². The molecule has 0 aromatic rings. The molecule has 0 N–H and O–H groups in total. The van der Waals surface area contributed by atoms with E-state index in [1.54, 1.807) is 4.90 Å². The summed E-state index contributed by atoms with van der Waals surface area (Å²) < 4.78 is 5.20. The van der Waals surface area contributed by atoms with Crippen LogP contribution in [0, 0.1) is 11.3 Å². The lowest BCUT2D eigenvalue weighted by Crippen LogP contribution is -2.45. The average Bonchev–Trinajstić information content (AvgIpc) is 2.34. The summed E-state index contributed by atoms with van der Waals surface area (Å²) in [6.07, 6.45) is 4.63. The zero-order chi connectivity index (χ0) is 11.8. The van der Waals surface area contributed by atoms with Gasteiger partial charge in [-0.3, -0.25) is 4.79 Å². The monoisotopic (exact) mass is 224 g/mol. The summed E-state index contributed by atoms with van der Waals surface area (Å²) in [6.45, 7) is 3.70. The lowest BCUT2D eigenvalue weighted by molar-refractivity contribution is -0.137. The van der Waals surface area contributed by atoms with Gasteiger partial charge in [-0.15, -0.1) is 0 Å². The quantitative estimate of drug-likeness (QED) is 0.668. The zero-order valence-electron chi connectivity index (χ0n) is 9.95. The minimum atomic E-state index is -0.437. The molecule has 0 aromatic carbocycles. The van der Waals surface area contributed by atoms with E-state index in [0.29, 0.717) is 26.1 Å². The van der Waals surface area contributed by atoms with Gasteiger partial charge in [-0.05, 0) is 6.42 Å². The molecular weight excluding hydrogens is 204 g/mol. The molecule has 16 heavy (non-hydrogen) atoms. The Bertz CT molecular complexity index is 260. The van der Waals surface area contributed by atoms with Crippen molar-refractivity contribution in [3.8, 4) is 6.07 Å². The number of morpholine rings is 1. The van der Waals surface area contributed by atoms with E-state index in [-0.39, 0.29) is 5.91 Å². The highest BCUT2D eigenvalue weighted by molar-refractivity contribution is 5.76. The number of ether oxygens (including phenoxy) is 1. The van der Waals surface area contributed by atoms with Crippen molar-refractivity contribution < 1.29 is 9.53 Å². The Morgan fingerprint density at radius 3 is 3.00 bits per heavy atom. The van der Waals surface area contributed by atoms with Crippen LogP contribution in [0.4, 0.5) is 0 Å². The molecule has 1 fully saturated rings. The molecule has 1 unspecified atom stereocenters. The molecular formula is C12H20N2O2. The van der Waals surface area contributed by atoms with E-state index in [1.165, 1.54) is 12.8 Å². The lowest BCUT2D eigenvalue weighted by atomic mass is 10.1. The normalized spacial score (nSPS) is 20.5. The molecule has 4 nitrogen and oxygen atoms in total. The molecule has 1 saturated heterocycles. The van der Waals surface area contributed by atoms with Crippen LogP contribution in [0.25, 0.3) is 0 Å². The molecule has 0 aromatic heterocycles. The first-order valence-electron chi connectivity index (χ1n) is 6.07. The second-order valence-corrected chi connectivity index (χ2v) is 4.14. The maximum atomic E-state index is 11.8. The predicted octanol–water partition coefficient (Wildman–Crippen LogP) is 1.71. The third kappa shape index (κ3) is 4.19. The average molecular weight is 224 g/mol. The molecule has 0 aliphatic carbocycles. The van der Waals surface area contributed by atoms with Crippen molar-refractivity contribution in [3.05, 3.63) is 0 Å². The number of carbonyl (C=O) groups is 1. The highest BCUT2D eigenvalue weighted by Gasteiger charge is 2.23. The summed E-state index contributed by atoms with van der Waals surface area (Å²) in [6, 6.07) is 2.05. The first kappa shape index (κ1) is 13.0. The molecule has 1 atom stereocenters. The molecule has 0 spiro atoms. The van der Waals surface area contributed by atoms with Crippen LogP contribution in [-0.4, -0.2) is 36.6 Å². The number of rotatable bonds is 5. The minimum absolute atomic E-state index is 0.166. The highest BCUT2D eigenvalue weighted by Crippen LogP contribution is 2.09. The second-order valence-electron chi connectivity index (χ2n) is 4.14. The lowest BCUT2D eigenvalue weighted by Gasteiger charge is -2.29. The van der Waals surface area contributed by atoms with Gasteiger partial charge in [-0.2, -0.15) is 5.26 Å². The molecule has 90 valence electrons. The standard InChI is InChI=1S/C12H20N2O2/c1-2-3-4-5-6-12(15)14-7-8-16-11(9-13)10-14/h11H,2-8,10H2,1H3. The summed E-state index contributed by atoms with van der Waals surface area (Å²) in [4.78, 5) is 13.5. The summed E-state index contributed by atoms with van der Waals surface area (Å²) >= 11 is 0. The van der Waals surface area contributed by atoms with Crippen molar-refractivity contribution in [3.63, 3.8) is 0 Å². The number of unbranched alkanes of at least 4 members (excludes halogenated alkanes) is 3. The van der Waals surface area contributed by atoms with Gasteiger partial charge in [-0.1, -0.05) is 26.2 Å². The van der Waals surface area contributed by atoms with Crippen molar-refractivity contribution in [1.29, 1.82) is 5.26 Å². The Labute approximate surface area is 97.2 Å². The molecule has 0 bridgehead atoms. The first-order chi connectivity index (χ1) is 7.77. The molecule has 1 heterocycles. The van der Waals surface area contributed by atoms with Gasteiger partial charge in [0.1, 0.15) is 0 Å². The molecule has 1 rings (SSSR count). The van der Waals surface area contributed by atoms with Crippen molar-refractivity contribution in [1.82, 2.24) is 4.90 Å². The smallest absolute Gasteiger partial charge is 0.222 e. The van der Waals surface area contributed by atoms with E-state index < -0.39 is 6.10 Å². The minimum Gasteiger partial charge on any atom is -0.360 e. The van der Waals surface area contributed by atoms with Crippen LogP contribution in [0.2, 0.25) is 0 Å². The molecule has 1 amide bonds. The van der Waals surface area contributed by atoms with E-state index >= 15 is 0 Å². The van der Waals surface area contributed by atoms with Gasteiger partial charge < -0.3 is 9.64 Å². The van der Waals surface area contributed by atoms with Crippen molar-refractivity contribution in [2.45, 2.75) is 45.1 Å². The first-order valence-corrected chi connectivity index (χ1v) is 6.07. The van der Waals surface area contributed by atoms with Gasteiger partial charge in [-0.25, -0.2) is 0 Å². The Hall–Kier alpha value is -1.08. The van der Waals surface area contributed by atoms with Gasteiger partial charge >= 0.3 is 0 Å². The third-order valence-electron chi connectivity index (χ3n) is 2.81. The third-order valence-corrected chi connectivity index (χ3v) is 2.81. The number of carbonyl (C=O) groups excluding carboxylic acids is 1. The Kier molecular flexibility index (Phi) is 5.87. The largest absolute Gasteiger partial charge is 0.360 e. The van der Waals surface area contributed by atoms with E-state index in [4.69, 9.17) is 10.00 Å². The van der Waals surface area contributed by atoms with Gasteiger partial charge in [0, 0.05) is 13.0 Å². The maximum Gasteiger partial charge on any atom is 0.222 e. The predicted molar refractivity (Wildman–Crippen MR) is 60.7 cm³/mol. The fraction of sp³-hybridized carbons (Fsp3) is 0.833. The molecule has 1 aliphatic heterocycles. The Morgan fingerprint density at radius 1 is 1.50 bits per heavy atom. The van der Waals surface area contributed by atoms with Crippen molar-refractivity contribution in [2.24, 2.45) is 0 Å². The second kappa shape index (κ2) is 7.24. The number of nitrogens with zero attached hydrogens (tertiary/aromatic N) is 2. The van der Waals surface area contributed by atoms with Crippen LogP contribution >= 0.6 is 0 Å². The van der Waals surface area contributed by atoms with Crippen LogP contribution in [0.5, 0.6) is 0 Å². The summed E-state index contributed by atoms with van der Waals surface area (Å²) in [7, 11) is 0. The summed E-state index contributed by atoms with van der Waals surface area (Å²) in [5.74, 6) is 0.166. The number of hydrogen-bond donors (Lipinski definition) is 0. The van der Waals surface area contributed by atoms with E-state index in [1.807, 2.05) is 6.07 Å². The topological polar surface area (TPSA) is 53.3 Å². The molecule has 1 aliphatic rings. The van der Waals surface area contributed by atoms with Gasteiger partial charge in [0.05, 0.1) is 19.2 Å². The highest BCUT2D eigenvalue weighted by atomic mass is 16.5. The Morgan fingerprint density at radius 2 is 2.31 bits per heavy atom. The number of nitriles is 1. The van der Waals surface area contributed by atoms with Gasteiger partial charge in [0.2, 0.25) is 5.91 Å². The van der Waals surface area contributed by atoms with Gasteiger partial charge in [0.15, 0.2) is 6.10 Å². The van der Waals surface area contributed by atoms with Crippen LogP contribution in [0.1, 0.15) is 39.0 Å². The van der Waals surface area contributed by atoms with Crippen LogP contribution in [-0.2, 0) is 9.53 Å². The molecule has 0 saturated carbocycles. The zero-order valence-corrected chi connectivity index (χ0v) is 9.95. The van der Waals surface area contributed by atoms with E-state index in [0.717, 1.165) is 12.8 Å². The number of amides is 1. The van der Waals surface area contributed by atoms with Crippen molar-refractivity contribution in [2.75, 3.05) is 19.7 Å². The van der Waals surface area contributed by atoms with Crippen molar-refractivity contribution >= 4 is 5.91 Å². The molecule has 4 heteroatoms. The van der Waals surface area contributed by atoms with Crippen LogP contribution < -0.4 is 0 Å². The number of hydrogen-bond acceptors (Lipinski definition) is 3. The van der Waals surface area contributed by atoms with Crippen LogP contribution in [0.3, 0.4) is 0 Å². The molecule has 0 radical (unpaired) electrons. The van der Waals surface area contributed by atoms with E-state index in [2.05, 4.69) is 6.92 Å². The summed E-state index contributed by atoms with van der Waals surface area (Å²) in [5.41, 5.74) is 0. The Balaban J connectivity index is 2.23. The fourth-order valence-electron chi connectivity index (χ4n) is 1.82. The van der Waals surface area contributed by atoms with E-state index in [9.17, 15) is 4.79 Å². The fourth-order valence-corrected chi connectivity index (χ4v) is 1.82. The SMILES string of the molecule is CCCCCCC(=O)N1CCOC(C#N)C1. The van der Waals surface area contributed by atoms with Gasteiger partial charge in [0.25, 0.3) is 0 Å².